The molecule has 0 aliphatic carbocycles. The van der Waals surface area contributed by atoms with Gasteiger partial charge in [0.05, 0.1) is 0 Å². The summed E-state index contributed by atoms with van der Waals surface area (Å²) in [5.74, 6) is 4.17. The summed E-state index contributed by atoms with van der Waals surface area (Å²) < 4.78 is 5.31. The fraction of sp³-hybridized carbons (Fsp3) is 0.429. The van der Waals surface area contributed by atoms with E-state index >= 15 is 0 Å². The molecule has 110 valence electrons. The maximum atomic E-state index is 12.3. The molecule has 1 aromatic carbocycles. The van der Waals surface area contributed by atoms with Crippen LogP contribution in [0.3, 0.4) is 0 Å². The number of para-hydroxylation sites is 1. The lowest BCUT2D eigenvalue weighted by Crippen LogP contribution is -2.47. The Hall–Kier alpha value is -2.08. The number of rotatable bonds is 3. The van der Waals surface area contributed by atoms with Crippen LogP contribution in [0.2, 0.25) is 0 Å². The van der Waals surface area contributed by atoms with Crippen LogP contribution in [0.25, 0.3) is 0 Å². The number of carbonyl (C=O) groups excluding carboxylic acids is 2. The van der Waals surface area contributed by atoms with Gasteiger partial charge in [-0.25, -0.2) is 9.59 Å². The van der Waals surface area contributed by atoms with E-state index in [1.54, 1.807) is 45.0 Å². The smallest absolute Gasteiger partial charge is 0.415 e. The first kappa shape index (κ1) is 16.0. The molecule has 1 atom stereocenters. The van der Waals surface area contributed by atoms with Crippen LogP contribution in [-0.4, -0.2) is 23.7 Å². The van der Waals surface area contributed by atoms with Crippen LogP contribution in [0.1, 0.15) is 27.7 Å². The standard InChI is InChI=1S/C14H20N2O4/c1-10(12(17)20-15)16(11-8-6-5-7-9-11)13(18)19-14(2,3)4/h5-10H,15H2,1-4H3. The largest absolute Gasteiger partial charge is 0.443 e. The molecule has 0 spiro atoms. The molecule has 0 aliphatic heterocycles. The molecule has 1 rings (SSSR count). The second-order valence-electron chi connectivity index (χ2n) is 5.30. The van der Waals surface area contributed by atoms with Crippen molar-refractivity contribution in [2.24, 2.45) is 5.90 Å². The number of carbonyl (C=O) groups is 2. The first-order valence-electron chi connectivity index (χ1n) is 6.24. The number of benzene rings is 1. The van der Waals surface area contributed by atoms with E-state index in [-0.39, 0.29) is 0 Å². The van der Waals surface area contributed by atoms with Gasteiger partial charge >= 0.3 is 12.1 Å². The highest BCUT2D eigenvalue weighted by molar-refractivity contribution is 5.95. The highest BCUT2D eigenvalue weighted by atomic mass is 16.7. The van der Waals surface area contributed by atoms with Crippen LogP contribution in [-0.2, 0) is 14.4 Å². The highest BCUT2D eigenvalue weighted by Crippen LogP contribution is 2.21. The topological polar surface area (TPSA) is 81.9 Å². The number of hydrogen-bond acceptors (Lipinski definition) is 5. The predicted octanol–water partition coefficient (Wildman–Crippen LogP) is 2.23. The molecule has 1 unspecified atom stereocenters. The predicted molar refractivity (Wildman–Crippen MR) is 74.9 cm³/mol. The first-order chi connectivity index (χ1) is 9.26. The molecule has 0 radical (unpaired) electrons. The third-order valence-corrected chi connectivity index (χ3v) is 2.47. The van der Waals surface area contributed by atoms with E-state index in [9.17, 15) is 9.59 Å². The molecule has 6 heteroatoms. The van der Waals surface area contributed by atoms with Crippen LogP contribution in [0.4, 0.5) is 10.5 Å². The Kier molecular flexibility index (Phi) is 5.10. The van der Waals surface area contributed by atoms with Crippen LogP contribution < -0.4 is 10.8 Å². The lowest BCUT2D eigenvalue weighted by molar-refractivity contribution is -0.145. The average Bonchev–Trinajstić information content (AvgIpc) is 2.37. The number of ether oxygens (including phenoxy) is 1. The summed E-state index contributed by atoms with van der Waals surface area (Å²) in [7, 11) is 0. The van der Waals surface area contributed by atoms with Gasteiger partial charge in [-0.2, -0.15) is 5.90 Å². The zero-order chi connectivity index (χ0) is 15.3. The zero-order valence-electron chi connectivity index (χ0n) is 12.1. The van der Waals surface area contributed by atoms with Gasteiger partial charge in [0.15, 0.2) is 0 Å². The van der Waals surface area contributed by atoms with Gasteiger partial charge in [0.2, 0.25) is 0 Å². The lowest BCUT2D eigenvalue weighted by Gasteiger charge is -2.30. The van der Waals surface area contributed by atoms with Gasteiger partial charge in [-0.15, -0.1) is 0 Å². The lowest BCUT2D eigenvalue weighted by atomic mass is 10.2. The molecule has 0 saturated heterocycles. The number of hydrogen-bond donors (Lipinski definition) is 1. The minimum Gasteiger partial charge on any atom is -0.443 e. The number of nitrogens with two attached hydrogens (primary N) is 1. The molecule has 0 aliphatic rings. The van der Waals surface area contributed by atoms with Gasteiger partial charge in [-0.3, -0.25) is 4.90 Å². The Balaban J connectivity index is 3.08. The molecule has 0 bridgehead atoms. The van der Waals surface area contributed by atoms with Gasteiger partial charge in [-0.1, -0.05) is 18.2 Å². The van der Waals surface area contributed by atoms with Crippen LogP contribution >= 0.6 is 0 Å². The summed E-state index contributed by atoms with van der Waals surface area (Å²) in [4.78, 5) is 29.3. The molecule has 0 aromatic heterocycles. The monoisotopic (exact) mass is 280 g/mol. The van der Waals surface area contributed by atoms with E-state index in [0.717, 1.165) is 0 Å². The third kappa shape index (κ3) is 4.24. The summed E-state index contributed by atoms with van der Waals surface area (Å²) in [6, 6.07) is 7.83. The van der Waals surface area contributed by atoms with Crippen LogP contribution in [0.5, 0.6) is 0 Å². The maximum absolute atomic E-state index is 12.3. The van der Waals surface area contributed by atoms with E-state index in [1.807, 2.05) is 6.07 Å². The zero-order valence-corrected chi connectivity index (χ0v) is 12.1. The van der Waals surface area contributed by atoms with E-state index < -0.39 is 23.7 Å². The van der Waals surface area contributed by atoms with Crippen molar-refractivity contribution in [3.8, 4) is 0 Å². The first-order valence-corrected chi connectivity index (χ1v) is 6.24. The summed E-state index contributed by atoms with van der Waals surface area (Å²) in [5, 5.41) is 0. The Morgan fingerprint density at radius 1 is 1.20 bits per heavy atom. The van der Waals surface area contributed by atoms with Crippen LogP contribution in [0.15, 0.2) is 30.3 Å². The van der Waals surface area contributed by atoms with Crippen molar-refractivity contribution in [3.63, 3.8) is 0 Å². The Morgan fingerprint density at radius 2 is 1.75 bits per heavy atom. The van der Waals surface area contributed by atoms with Crippen molar-refractivity contribution in [2.45, 2.75) is 39.3 Å². The van der Waals surface area contributed by atoms with Crippen molar-refractivity contribution in [1.29, 1.82) is 0 Å². The van der Waals surface area contributed by atoms with Crippen molar-refractivity contribution in [3.05, 3.63) is 30.3 Å². The van der Waals surface area contributed by atoms with Crippen molar-refractivity contribution >= 4 is 17.7 Å². The van der Waals surface area contributed by atoms with Gasteiger partial charge in [0.25, 0.3) is 0 Å². The molecular formula is C14H20N2O4. The second-order valence-corrected chi connectivity index (χ2v) is 5.30. The normalized spacial score (nSPS) is 12.4. The molecule has 1 aromatic rings. The molecule has 0 fully saturated rings. The Labute approximate surface area is 118 Å². The van der Waals surface area contributed by atoms with E-state index in [2.05, 4.69) is 4.84 Å². The van der Waals surface area contributed by atoms with Crippen molar-refractivity contribution < 1.29 is 19.2 Å². The number of amides is 1. The summed E-state index contributed by atoms with van der Waals surface area (Å²) in [6.07, 6.45) is -0.637. The minimum atomic E-state index is -0.891. The number of nitrogens with zero attached hydrogens (tertiary/aromatic N) is 1. The molecule has 0 heterocycles. The van der Waals surface area contributed by atoms with Crippen molar-refractivity contribution in [1.82, 2.24) is 0 Å². The maximum Gasteiger partial charge on any atom is 0.415 e. The molecule has 6 nitrogen and oxygen atoms in total. The minimum absolute atomic E-state index is 0.527. The third-order valence-electron chi connectivity index (χ3n) is 2.47. The Morgan fingerprint density at radius 3 is 2.20 bits per heavy atom. The fourth-order valence-corrected chi connectivity index (χ4v) is 1.59. The summed E-state index contributed by atoms with van der Waals surface area (Å²) in [5.41, 5.74) is -0.143. The van der Waals surface area contributed by atoms with E-state index in [0.29, 0.717) is 5.69 Å². The fourth-order valence-electron chi connectivity index (χ4n) is 1.59. The Bertz CT molecular complexity index is 468. The molecule has 1 amide bonds. The molecular weight excluding hydrogens is 260 g/mol. The summed E-state index contributed by atoms with van der Waals surface area (Å²) >= 11 is 0. The van der Waals surface area contributed by atoms with Crippen LogP contribution in [0, 0.1) is 0 Å². The van der Waals surface area contributed by atoms with Gasteiger partial charge in [-0.05, 0) is 39.8 Å². The highest BCUT2D eigenvalue weighted by Gasteiger charge is 2.32. The quantitative estimate of drug-likeness (QED) is 0.859. The van der Waals surface area contributed by atoms with Gasteiger partial charge in [0, 0.05) is 5.69 Å². The van der Waals surface area contributed by atoms with Gasteiger partial charge < -0.3 is 9.57 Å². The average molecular weight is 280 g/mol. The molecule has 0 saturated carbocycles. The van der Waals surface area contributed by atoms with E-state index in [1.165, 1.54) is 11.8 Å². The summed E-state index contributed by atoms with van der Waals surface area (Å²) in [6.45, 7) is 6.77. The van der Waals surface area contributed by atoms with E-state index in [4.69, 9.17) is 10.6 Å². The molecule has 2 N–H and O–H groups in total. The van der Waals surface area contributed by atoms with Gasteiger partial charge in [0.1, 0.15) is 11.6 Å². The molecule has 20 heavy (non-hydrogen) atoms. The second kappa shape index (κ2) is 6.38. The van der Waals surface area contributed by atoms with Crippen molar-refractivity contribution in [2.75, 3.05) is 4.90 Å². The SMILES string of the molecule is CC(C(=O)ON)N(C(=O)OC(C)(C)C)c1ccccc1. The number of anilines is 1.